The summed E-state index contributed by atoms with van der Waals surface area (Å²) in [4.78, 5) is 10.7. The molecule has 0 unspecified atom stereocenters. The van der Waals surface area contributed by atoms with Crippen molar-refractivity contribution in [2.45, 2.75) is 27.2 Å². The normalized spacial score (nSPS) is 11.3. The third-order valence-corrected chi connectivity index (χ3v) is 1.21. The maximum absolute atomic E-state index is 10.7. The van der Waals surface area contributed by atoms with Crippen LogP contribution in [-0.2, 0) is 9.53 Å². The third kappa shape index (κ3) is 4.13. The summed E-state index contributed by atoms with van der Waals surface area (Å²) < 4.78 is 4.70. The molecule has 0 N–H and O–H groups in total. The van der Waals surface area contributed by atoms with E-state index in [-0.39, 0.29) is 5.97 Å². The molecule has 0 amide bonds. The lowest BCUT2D eigenvalue weighted by Crippen LogP contribution is -1.99. The van der Waals surface area contributed by atoms with Crippen LogP contribution in [-0.4, -0.2) is 12.6 Å². The summed E-state index contributed by atoms with van der Waals surface area (Å²) in [5.41, 5.74) is 1.05. The van der Waals surface area contributed by atoms with Crippen LogP contribution in [0.4, 0.5) is 0 Å². The molecule has 0 aliphatic rings. The Bertz CT molecular complexity index is 136. The molecule has 0 radical (unpaired) electrons. The SMILES string of the molecule is CCOC(=O)/C=C(/C)CC. The summed E-state index contributed by atoms with van der Waals surface area (Å²) in [6.45, 7) is 6.17. The number of hydrogen-bond acceptors (Lipinski definition) is 2. The predicted octanol–water partition coefficient (Wildman–Crippen LogP) is 1.91. The lowest BCUT2D eigenvalue weighted by molar-refractivity contribution is -0.137. The standard InChI is InChI=1S/C8H14O2/c1-4-7(3)6-8(9)10-5-2/h6H,4-5H2,1-3H3/b7-6-. The zero-order valence-electron chi connectivity index (χ0n) is 6.81. The van der Waals surface area contributed by atoms with Crippen LogP contribution < -0.4 is 0 Å². The highest BCUT2D eigenvalue weighted by Gasteiger charge is 1.94. The van der Waals surface area contributed by atoms with Gasteiger partial charge in [-0.25, -0.2) is 4.79 Å². The van der Waals surface area contributed by atoms with Crippen LogP contribution in [0, 0.1) is 0 Å². The quantitative estimate of drug-likeness (QED) is 0.444. The van der Waals surface area contributed by atoms with E-state index in [0.717, 1.165) is 12.0 Å². The number of hydrogen-bond donors (Lipinski definition) is 0. The fourth-order valence-electron chi connectivity index (χ4n) is 0.487. The van der Waals surface area contributed by atoms with Crippen LogP contribution in [0.25, 0.3) is 0 Å². The lowest BCUT2D eigenvalue weighted by atomic mass is 10.2. The third-order valence-electron chi connectivity index (χ3n) is 1.21. The van der Waals surface area contributed by atoms with Crippen molar-refractivity contribution in [2.75, 3.05) is 6.61 Å². The van der Waals surface area contributed by atoms with Crippen LogP contribution >= 0.6 is 0 Å². The highest BCUT2D eigenvalue weighted by atomic mass is 16.5. The Morgan fingerprint density at radius 2 is 2.10 bits per heavy atom. The van der Waals surface area contributed by atoms with Gasteiger partial charge in [-0.3, -0.25) is 0 Å². The lowest BCUT2D eigenvalue weighted by Gasteiger charge is -1.96. The van der Waals surface area contributed by atoms with Crippen molar-refractivity contribution >= 4 is 5.97 Å². The van der Waals surface area contributed by atoms with Crippen LogP contribution in [0.15, 0.2) is 11.6 Å². The number of allylic oxidation sites excluding steroid dienone is 1. The van der Waals surface area contributed by atoms with Gasteiger partial charge in [0.15, 0.2) is 0 Å². The molecule has 0 heterocycles. The van der Waals surface area contributed by atoms with Crippen LogP contribution in [0.1, 0.15) is 27.2 Å². The molecule has 2 heteroatoms. The zero-order chi connectivity index (χ0) is 7.98. The maximum Gasteiger partial charge on any atom is 0.330 e. The largest absolute Gasteiger partial charge is 0.463 e. The molecule has 0 atom stereocenters. The van der Waals surface area contributed by atoms with Crippen molar-refractivity contribution < 1.29 is 9.53 Å². The van der Waals surface area contributed by atoms with E-state index in [4.69, 9.17) is 4.74 Å². The number of carbonyl (C=O) groups excluding carboxylic acids is 1. The van der Waals surface area contributed by atoms with Crippen molar-refractivity contribution in [3.8, 4) is 0 Å². The van der Waals surface area contributed by atoms with Crippen molar-refractivity contribution in [1.29, 1.82) is 0 Å². The first-order valence-electron chi connectivity index (χ1n) is 3.54. The topological polar surface area (TPSA) is 26.3 Å². The molecule has 0 rings (SSSR count). The summed E-state index contributed by atoms with van der Waals surface area (Å²) in [6, 6.07) is 0. The molecule has 58 valence electrons. The maximum atomic E-state index is 10.7. The number of rotatable bonds is 3. The van der Waals surface area contributed by atoms with Crippen LogP contribution in [0.2, 0.25) is 0 Å². The number of carbonyl (C=O) groups is 1. The van der Waals surface area contributed by atoms with E-state index in [1.54, 1.807) is 6.92 Å². The minimum Gasteiger partial charge on any atom is -0.463 e. The average Bonchev–Trinajstić information content (AvgIpc) is 1.88. The monoisotopic (exact) mass is 142 g/mol. The van der Waals surface area contributed by atoms with Gasteiger partial charge in [0.2, 0.25) is 0 Å². The van der Waals surface area contributed by atoms with Gasteiger partial charge in [-0.2, -0.15) is 0 Å². The van der Waals surface area contributed by atoms with Crippen molar-refractivity contribution in [3.05, 3.63) is 11.6 Å². The Balaban J connectivity index is 3.75. The molecule has 0 aromatic heterocycles. The fourth-order valence-corrected chi connectivity index (χ4v) is 0.487. The van der Waals surface area contributed by atoms with E-state index in [0.29, 0.717) is 6.61 Å². The van der Waals surface area contributed by atoms with Gasteiger partial charge in [0, 0.05) is 6.08 Å². The number of esters is 1. The Kier molecular flexibility index (Phi) is 4.63. The molecule has 2 nitrogen and oxygen atoms in total. The van der Waals surface area contributed by atoms with Crippen molar-refractivity contribution in [1.82, 2.24) is 0 Å². The van der Waals surface area contributed by atoms with E-state index in [2.05, 4.69) is 0 Å². The second-order valence-electron chi connectivity index (χ2n) is 2.10. The molecule has 0 spiro atoms. The Morgan fingerprint density at radius 1 is 1.50 bits per heavy atom. The van der Waals surface area contributed by atoms with E-state index in [9.17, 15) is 4.79 Å². The average molecular weight is 142 g/mol. The molecule has 0 saturated carbocycles. The highest BCUT2D eigenvalue weighted by molar-refractivity contribution is 5.82. The molecular weight excluding hydrogens is 128 g/mol. The van der Waals surface area contributed by atoms with Gasteiger partial charge in [0.05, 0.1) is 6.61 Å². The molecule has 0 aromatic carbocycles. The molecule has 0 aliphatic carbocycles. The van der Waals surface area contributed by atoms with E-state index in [1.807, 2.05) is 13.8 Å². The second-order valence-corrected chi connectivity index (χ2v) is 2.10. The van der Waals surface area contributed by atoms with Crippen molar-refractivity contribution in [3.63, 3.8) is 0 Å². The second kappa shape index (κ2) is 5.03. The van der Waals surface area contributed by atoms with Crippen molar-refractivity contribution in [2.24, 2.45) is 0 Å². The summed E-state index contributed by atoms with van der Waals surface area (Å²) in [5, 5.41) is 0. The highest BCUT2D eigenvalue weighted by Crippen LogP contribution is 1.97. The summed E-state index contributed by atoms with van der Waals surface area (Å²) in [5.74, 6) is -0.234. The van der Waals surface area contributed by atoms with E-state index < -0.39 is 0 Å². The molecule has 10 heavy (non-hydrogen) atoms. The summed E-state index contributed by atoms with van der Waals surface area (Å²) in [7, 11) is 0. The Labute approximate surface area is 61.9 Å². The van der Waals surface area contributed by atoms with Crippen LogP contribution in [0.3, 0.4) is 0 Å². The first-order chi connectivity index (χ1) is 4.70. The van der Waals surface area contributed by atoms with Gasteiger partial charge in [0.1, 0.15) is 0 Å². The fraction of sp³-hybridized carbons (Fsp3) is 0.625. The minimum absolute atomic E-state index is 0.234. The van der Waals surface area contributed by atoms with Gasteiger partial charge < -0.3 is 4.74 Å². The van der Waals surface area contributed by atoms with Crippen LogP contribution in [0.5, 0.6) is 0 Å². The smallest absolute Gasteiger partial charge is 0.330 e. The molecule has 0 bridgehead atoms. The molecule has 0 saturated heterocycles. The van der Waals surface area contributed by atoms with Gasteiger partial charge in [0.25, 0.3) is 0 Å². The van der Waals surface area contributed by atoms with E-state index >= 15 is 0 Å². The first kappa shape index (κ1) is 9.21. The molecule has 0 fully saturated rings. The van der Waals surface area contributed by atoms with Gasteiger partial charge in [-0.15, -0.1) is 0 Å². The summed E-state index contributed by atoms with van der Waals surface area (Å²) >= 11 is 0. The van der Waals surface area contributed by atoms with E-state index in [1.165, 1.54) is 6.08 Å². The van der Waals surface area contributed by atoms with Gasteiger partial charge in [-0.05, 0) is 20.3 Å². The minimum atomic E-state index is -0.234. The summed E-state index contributed by atoms with van der Waals surface area (Å²) in [6.07, 6.45) is 2.43. The Hall–Kier alpha value is -0.790. The molecular formula is C8H14O2. The molecule has 0 aromatic rings. The molecule has 0 aliphatic heterocycles. The zero-order valence-corrected chi connectivity index (χ0v) is 6.81. The van der Waals surface area contributed by atoms with Gasteiger partial charge in [-0.1, -0.05) is 12.5 Å². The van der Waals surface area contributed by atoms with Gasteiger partial charge >= 0.3 is 5.97 Å². The first-order valence-corrected chi connectivity index (χ1v) is 3.54. The Morgan fingerprint density at radius 3 is 2.50 bits per heavy atom. The predicted molar refractivity (Wildman–Crippen MR) is 40.7 cm³/mol. The number of ether oxygens (including phenoxy) is 1.